The summed E-state index contributed by atoms with van der Waals surface area (Å²) in [6, 6.07) is 8.48. The maximum Gasteiger partial charge on any atom is 0.236 e. The summed E-state index contributed by atoms with van der Waals surface area (Å²) in [5, 5.41) is 0. The molecular formula is C19H27N3O3. The summed E-state index contributed by atoms with van der Waals surface area (Å²) in [7, 11) is 1.68. The molecule has 0 bridgehead atoms. The number of para-hydroxylation sites is 1. The monoisotopic (exact) mass is 345 g/mol. The number of carbonyl (C=O) groups excluding carboxylic acids is 2. The average Bonchev–Trinajstić information content (AvgIpc) is 3.46. The molecule has 1 aromatic carbocycles. The highest BCUT2D eigenvalue weighted by atomic mass is 16.5. The number of benzene rings is 1. The summed E-state index contributed by atoms with van der Waals surface area (Å²) in [6.07, 6.45) is 2.31. The van der Waals surface area contributed by atoms with Crippen LogP contribution in [0.5, 0.6) is 5.75 Å². The van der Waals surface area contributed by atoms with Gasteiger partial charge in [0.15, 0.2) is 0 Å². The van der Waals surface area contributed by atoms with Crippen LogP contribution in [-0.2, 0) is 16.1 Å². The van der Waals surface area contributed by atoms with E-state index >= 15 is 0 Å². The molecular weight excluding hydrogens is 318 g/mol. The zero-order valence-electron chi connectivity index (χ0n) is 15.1. The summed E-state index contributed by atoms with van der Waals surface area (Å²) in [5.41, 5.74) is 1.12. The molecule has 136 valence electrons. The molecule has 0 aromatic heterocycles. The van der Waals surface area contributed by atoms with Crippen LogP contribution in [0.25, 0.3) is 0 Å². The maximum absolute atomic E-state index is 12.7. The van der Waals surface area contributed by atoms with Gasteiger partial charge in [-0.15, -0.1) is 0 Å². The molecule has 0 atom stereocenters. The Morgan fingerprint density at radius 1 is 1.12 bits per heavy atom. The smallest absolute Gasteiger partial charge is 0.236 e. The lowest BCUT2D eigenvalue weighted by molar-refractivity contribution is -0.139. The lowest BCUT2D eigenvalue weighted by Gasteiger charge is -2.35. The van der Waals surface area contributed by atoms with Gasteiger partial charge in [0, 0.05) is 51.3 Å². The Balaban J connectivity index is 1.59. The van der Waals surface area contributed by atoms with Gasteiger partial charge < -0.3 is 14.5 Å². The third-order valence-electron chi connectivity index (χ3n) is 5.05. The SMILES string of the molecule is COc1ccccc1CN(CC(=O)N1CCN(C(C)=O)CC1)C1CC1. The fraction of sp³-hybridized carbons (Fsp3) is 0.579. The Labute approximate surface area is 149 Å². The number of amides is 2. The molecule has 0 N–H and O–H groups in total. The van der Waals surface area contributed by atoms with Crippen LogP contribution in [0.15, 0.2) is 24.3 Å². The Bertz CT molecular complexity index is 622. The molecule has 6 heteroatoms. The lowest BCUT2D eigenvalue weighted by atomic mass is 10.2. The van der Waals surface area contributed by atoms with E-state index in [4.69, 9.17) is 4.74 Å². The van der Waals surface area contributed by atoms with Gasteiger partial charge in [-0.3, -0.25) is 14.5 Å². The first-order chi connectivity index (χ1) is 12.1. The van der Waals surface area contributed by atoms with Gasteiger partial charge in [-0.2, -0.15) is 0 Å². The standard InChI is InChI=1S/C19H27N3O3/c1-15(23)20-9-11-21(12-10-20)19(24)14-22(17-7-8-17)13-16-5-3-4-6-18(16)25-2/h3-6,17H,7-14H2,1-2H3. The van der Waals surface area contributed by atoms with Crippen LogP contribution in [0.3, 0.4) is 0 Å². The molecule has 6 nitrogen and oxygen atoms in total. The number of carbonyl (C=O) groups is 2. The molecule has 25 heavy (non-hydrogen) atoms. The molecule has 2 aliphatic rings. The predicted molar refractivity (Wildman–Crippen MR) is 95.3 cm³/mol. The second-order valence-electron chi connectivity index (χ2n) is 6.83. The molecule has 0 radical (unpaired) electrons. The van der Waals surface area contributed by atoms with Crippen LogP contribution >= 0.6 is 0 Å². The number of hydrogen-bond donors (Lipinski definition) is 0. The van der Waals surface area contributed by atoms with E-state index in [9.17, 15) is 9.59 Å². The van der Waals surface area contributed by atoms with Crippen molar-refractivity contribution in [3.63, 3.8) is 0 Å². The van der Waals surface area contributed by atoms with Crippen LogP contribution in [0, 0.1) is 0 Å². The first kappa shape index (κ1) is 17.7. The van der Waals surface area contributed by atoms with Crippen LogP contribution in [0.2, 0.25) is 0 Å². The fourth-order valence-corrected chi connectivity index (χ4v) is 3.35. The molecule has 1 saturated heterocycles. The Kier molecular flexibility index (Phi) is 5.58. The molecule has 0 unspecified atom stereocenters. The van der Waals surface area contributed by atoms with E-state index in [2.05, 4.69) is 11.0 Å². The van der Waals surface area contributed by atoms with E-state index in [1.165, 1.54) is 0 Å². The minimum atomic E-state index is 0.0860. The Hall–Kier alpha value is -2.08. The van der Waals surface area contributed by atoms with Crippen LogP contribution < -0.4 is 4.74 Å². The summed E-state index contributed by atoms with van der Waals surface area (Å²) >= 11 is 0. The zero-order chi connectivity index (χ0) is 17.8. The number of hydrogen-bond acceptors (Lipinski definition) is 4. The van der Waals surface area contributed by atoms with Crippen LogP contribution in [-0.4, -0.2) is 72.4 Å². The number of ether oxygens (including phenoxy) is 1. The van der Waals surface area contributed by atoms with Gasteiger partial charge in [0.2, 0.25) is 11.8 Å². The number of nitrogens with zero attached hydrogens (tertiary/aromatic N) is 3. The molecule has 1 saturated carbocycles. The van der Waals surface area contributed by atoms with Crippen molar-refractivity contribution in [3.05, 3.63) is 29.8 Å². The molecule has 2 amide bonds. The first-order valence-electron chi connectivity index (χ1n) is 8.97. The molecule has 1 aliphatic heterocycles. The van der Waals surface area contributed by atoms with E-state index in [0.29, 0.717) is 38.8 Å². The highest BCUT2D eigenvalue weighted by Crippen LogP contribution is 2.30. The molecule has 0 spiro atoms. The molecule has 1 heterocycles. The normalized spacial score (nSPS) is 17.7. The predicted octanol–water partition coefficient (Wildman–Crippen LogP) is 1.35. The van der Waals surface area contributed by atoms with Crippen molar-refractivity contribution in [1.29, 1.82) is 0 Å². The number of methoxy groups -OCH3 is 1. The van der Waals surface area contributed by atoms with Crippen molar-refractivity contribution in [3.8, 4) is 5.75 Å². The topological polar surface area (TPSA) is 53.1 Å². The third kappa shape index (κ3) is 4.51. The van der Waals surface area contributed by atoms with Crippen molar-refractivity contribution in [2.24, 2.45) is 0 Å². The molecule has 1 aromatic rings. The second-order valence-corrected chi connectivity index (χ2v) is 6.83. The Morgan fingerprint density at radius 2 is 1.76 bits per heavy atom. The van der Waals surface area contributed by atoms with Crippen molar-refractivity contribution in [2.75, 3.05) is 39.8 Å². The lowest BCUT2D eigenvalue weighted by Crippen LogP contribution is -2.52. The zero-order valence-corrected chi connectivity index (χ0v) is 15.1. The van der Waals surface area contributed by atoms with Crippen LogP contribution in [0.4, 0.5) is 0 Å². The van der Waals surface area contributed by atoms with Gasteiger partial charge in [-0.1, -0.05) is 18.2 Å². The van der Waals surface area contributed by atoms with Crippen molar-refractivity contribution in [2.45, 2.75) is 32.4 Å². The van der Waals surface area contributed by atoms with Crippen molar-refractivity contribution in [1.82, 2.24) is 14.7 Å². The summed E-state index contributed by atoms with van der Waals surface area (Å²) < 4.78 is 5.44. The van der Waals surface area contributed by atoms with Gasteiger partial charge in [-0.25, -0.2) is 0 Å². The van der Waals surface area contributed by atoms with Gasteiger partial charge in [0.25, 0.3) is 0 Å². The highest BCUT2D eigenvalue weighted by Gasteiger charge is 2.32. The fourth-order valence-electron chi connectivity index (χ4n) is 3.35. The Morgan fingerprint density at radius 3 is 2.36 bits per heavy atom. The van der Waals surface area contributed by atoms with Gasteiger partial charge >= 0.3 is 0 Å². The highest BCUT2D eigenvalue weighted by molar-refractivity contribution is 5.79. The van der Waals surface area contributed by atoms with E-state index < -0.39 is 0 Å². The molecule has 2 fully saturated rings. The number of rotatable bonds is 6. The van der Waals surface area contributed by atoms with Crippen molar-refractivity contribution < 1.29 is 14.3 Å². The average molecular weight is 345 g/mol. The maximum atomic E-state index is 12.7. The van der Waals surface area contributed by atoms with E-state index in [1.54, 1.807) is 18.9 Å². The third-order valence-corrected chi connectivity index (χ3v) is 5.05. The number of piperazine rings is 1. The van der Waals surface area contributed by atoms with Crippen molar-refractivity contribution >= 4 is 11.8 Å². The quantitative estimate of drug-likeness (QED) is 0.781. The summed E-state index contributed by atoms with van der Waals surface area (Å²) in [4.78, 5) is 30.1. The van der Waals surface area contributed by atoms with E-state index in [1.807, 2.05) is 23.1 Å². The minimum absolute atomic E-state index is 0.0860. The largest absolute Gasteiger partial charge is 0.496 e. The van der Waals surface area contributed by atoms with Gasteiger partial charge in [0.1, 0.15) is 5.75 Å². The van der Waals surface area contributed by atoms with E-state index in [-0.39, 0.29) is 11.8 Å². The van der Waals surface area contributed by atoms with Gasteiger partial charge in [0.05, 0.1) is 13.7 Å². The second kappa shape index (κ2) is 7.87. The molecule has 3 rings (SSSR count). The van der Waals surface area contributed by atoms with Crippen LogP contribution in [0.1, 0.15) is 25.3 Å². The van der Waals surface area contributed by atoms with E-state index in [0.717, 1.165) is 30.7 Å². The summed E-state index contributed by atoms with van der Waals surface area (Å²) in [5.74, 6) is 1.11. The van der Waals surface area contributed by atoms with Gasteiger partial charge in [-0.05, 0) is 18.9 Å². The first-order valence-corrected chi connectivity index (χ1v) is 8.97. The molecule has 1 aliphatic carbocycles. The minimum Gasteiger partial charge on any atom is -0.496 e. The summed E-state index contributed by atoms with van der Waals surface area (Å²) in [6.45, 7) is 5.28.